The number of esters is 2. The van der Waals surface area contributed by atoms with Crippen molar-refractivity contribution >= 4 is 35.3 Å². The number of halogens is 1. The van der Waals surface area contributed by atoms with Crippen molar-refractivity contribution in [2.24, 2.45) is 0 Å². The lowest BCUT2D eigenvalue weighted by molar-refractivity contribution is -0.154. The molecule has 0 aromatic heterocycles. The van der Waals surface area contributed by atoms with Crippen molar-refractivity contribution in [2.45, 2.75) is 12.0 Å². The zero-order valence-corrected chi connectivity index (χ0v) is 17.0. The summed E-state index contributed by atoms with van der Waals surface area (Å²) in [5, 5.41) is 10.4. The molecule has 6 nitrogen and oxygen atoms in total. The van der Waals surface area contributed by atoms with E-state index >= 15 is 0 Å². The fourth-order valence-corrected chi connectivity index (χ4v) is 3.10. The average Bonchev–Trinajstić information content (AvgIpc) is 3.04. The first-order valence-corrected chi connectivity index (χ1v) is 9.44. The van der Waals surface area contributed by atoms with Crippen LogP contribution >= 0.6 is 11.6 Å². The normalized spacial score (nSPS) is 19.9. The number of rotatable bonds is 6. The van der Waals surface area contributed by atoms with E-state index in [9.17, 15) is 14.7 Å². The molecule has 0 amide bonds. The number of hydrogen-bond donors (Lipinski definition) is 1. The molecular weight excluding hydrogens is 394 g/mol. The second-order valence-electron chi connectivity index (χ2n) is 7.15. The molecular formula is C22H22ClNO5. The summed E-state index contributed by atoms with van der Waals surface area (Å²) in [7, 11) is 3.81. The maximum atomic E-state index is 12.3. The molecule has 7 heteroatoms. The van der Waals surface area contributed by atoms with Gasteiger partial charge in [0.1, 0.15) is 6.61 Å². The lowest BCUT2D eigenvalue weighted by Crippen LogP contribution is -2.39. The topological polar surface area (TPSA) is 76.1 Å². The molecule has 2 aromatic carbocycles. The maximum Gasteiger partial charge on any atom is 0.338 e. The van der Waals surface area contributed by atoms with Gasteiger partial charge in [-0.05, 0) is 48.0 Å². The number of hydrogen-bond acceptors (Lipinski definition) is 6. The second-order valence-corrected chi connectivity index (χ2v) is 7.58. The molecule has 1 saturated heterocycles. The van der Waals surface area contributed by atoms with Crippen LogP contribution in [0.15, 0.2) is 54.1 Å². The first kappa shape index (κ1) is 20.9. The van der Waals surface area contributed by atoms with Crippen molar-refractivity contribution in [1.29, 1.82) is 0 Å². The summed E-state index contributed by atoms with van der Waals surface area (Å²) in [4.78, 5) is 26.5. The molecule has 1 aliphatic heterocycles. The van der Waals surface area contributed by atoms with E-state index in [2.05, 4.69) is 0 Å². The highest BCUT2D eigenvalue weighted by Gasteiger charge is 2.44. The predicted octanol–water partition coefficient (Wildman–Crippen LogP) is 3.32. The van der Waals surface area contributed by atoms with E-state index in [1.807, 2.05) is 19.0 Å². The van der Waals surface area contributed by atoms with Crippen LogP contribution in [0.3, 0.4) is 0 Å². The lowest BCUT2D eigenvalue weighted by atomic mass is 9.98. The summed E-state index contributed by atoms with van der Waals surface area (Å²) in [6, 6.07) is 13.9. The summed E-state index contributed by atoms with van der Waals surface area (Å²) >= 11 is 5.87. The summed E-state index contributed by atoms with van der Waals surface area (Å²) in [5.74, 6) is -1.09. The Hall–Kier alpha value is -2.83. The van der Waals surface area contributed by atoms with Crippen LogP contribution in [0, 0.1) is 0 Å². The van der Waals surface area contributed by atoms with Crippen molar-refractivity contribution < 1.29 is 24.2 Å². The van der Waals surface area contributed by atoms with E-state index in [1.165, 1.54) is 0 Å². The van der Waals surface area contributed by atoms with Crippen LogP contribution in [0.1, 0.15) is 22.3 Å². The fourth-order valence-electron chi connectivity index (χ4n) is 2.98. The molecule has 152 valence electrons. The number of benzene rings is 2. The SMILES string of the molecule is CN(C)c1ccc(C(=O)OCC2(CO)C/C(=C\c3ccc(Cl)cc3)C(=O)O2)cc1. The van der Waals surface area contributed by atoms with Crippen molar-refractivity contribution in [3.05, 3.63) is 70.3 Å². The Kier molecular flexibility index (Phi) is 6.25. The van der Waals surface area contributed by atoms with Crippen LogP contribution in [-0.2, 0) is 14.3 Å². The van der Waals surface area contributed by atoms with Gasteiger partial charge in [-0.25, -0.2) is 9.59 Å². The molecule has 0 bridgehead atoms. The van der Waals surface area contributed by atoms with Crippen LogP contribution in [0.5, 0.6) is 0 Å². The highest BCUT2D eigenvalue weighted by Crippen LogP contribution is 2.32. The zero-order valence-electron chi connectivity index (χ0n) is 16.2. The first-order valence-electron chi connectivity index (χ1n) is 9.07. The van der Waals surface area contributed by atoms with Gasteiger partial charge in [0.05, 0.1) is 12.2 Å². The van der Waals surface area contributed by atoms with Crippen molar-refractivity contribution in [2.75, 3.05) is 32.2 Å². The summed E-state index contributed by atoms with van der Waals surface area (Å²) in [6.07, 6.45) is 1.82. The molecule has 3 rings (SSSR count). The van der Waals surface area contributed by atoms with E-state index in [0.29, 0.717) is 16.2 Å². The van der Waals surface area contributed by atoms with Gasteiger partial charge < -0.3 is 19.5 Å². The Labute approximate surface area is 174 Å². The molecule has 0 spiro atoms. The van der Waals surface area contributed by atoms with Crippen LogP contribution in [0.2, 0.25) is 5.02 Å². The highest BCUT2D eigenvalue weighted by molar-refractivity contribution is 6.30. The van der Waals surface area contributed by atoms with E-state index in [1.54, 1.807) is 54.6 Å². The molecule has 1 unspecified atom stereocenters. The van der Waals surface area contributed by atoms with Crippen LogP contribution < -0.4 is 4.90 Å². The molecule has 1 atom stereocenters. The Bertz CT molecular complexity index is 921. The molecule has 29 heavy (non-hydrogen) atoms. The Morgan fingerprint density at radius 2 is 1.86 bits per heavy atom. The number of ether oxygens (including phenoxy) is 2. The Balaban J connectivity index is 1.68. The van der Waals surface area contributed by atoms with E-state index < -0.39 is 24.1 Å². The third kappa shape index (κ3) is 4.96. The van der Waals surface area contributed by atoms with E-state index in [0.717, 1.165) is 11.3 Å². The van der Waals surface area contributed by atoms with Crippen LogP contribution in [-0.4, -0.2) is 50.0 Å². The Morgan fingerprint density at radius 3 is 2.45 bits per heavy atom. The number of anilines is 1. The lowest BCUT2D eigenvalue weighted by Gasteiger charge is -2.24. The monoisotopic (exact) mass is 415 g/mol. The number of carbonyl (C=O) groups is 2. The average molecular weight is 416 g/mol. The van der Waals surface area contributed by atoms with Gasteiger partial charge in [-0.3, -0.25) is 0 Å². The molecule has 1 aliphatic rings. The van der Waals surface area contributed by atoms with Gasteiger partial charge in [0.25, 0.3) is 0 Å². The van der Waals surface area contributed by atoms with Crippen molar-refractivity contribution in [1.82, 2.24) is 0 Å². The van der Waals surface area contributed by atoms with Gasteiger partial charge in [0, 0.05) is 36.8 Å². The van der Waals surface area contributed by atoms with Crippen LogP contribution in [0.25, 0.3) is 6.08 Å². The molecule has 1 fully saturated rings. The van der Waals surface area contributed by atoms with Gasteiger partial charge in [0.2, 0.25) is 0 Å². The fraction of sp³-hybridized carbons (Fsp3) is 0.273. The van der Waals surface area contributed by atoms with Gasteiger partial charge in [-0.15, -0.1) is 0 Å². The summed E-state index contributed by atoms with van der Waals surface area (Å²) < 4.78 is 10.7. The van der Waals surface area contributed by atoms with Crippen molar-refractivity contribution in [3.63, 3.8) is 0 Å². The maximum absolute atomic E-state index is 12.3. The number of cyclic esters (lactones) is 1. The van der Waals surface area contributed by atoms with E-state index in [4.69, 9.17) is 21.1 Å². The smallest absolute Gasteiger partial charge is 0.338 e. The third-order valence-electron chi connectivity index (χ3n) is 4.67. The predicted molar refractivity (Wildman–Crippen MR) is 111 cm³/mol. The van der Waals surface area contributed by atoms with Crippen LogP contribution in [0.4, 0.5) is 5.69 Å². The molecule has 1 heterocycles. The number of nitrogens with zero attached hydrogens (tertiary/aromatic N) is 1. The highest BCUT2D eigenvalue weighted by atomic mass is 35.5. The van der Waals surface area contributed by atoms with Gasteiger partial charge in [-0.1, -0.05) is 23.7 Å². The molecule has 0 saturated carbocycles. The quantitative estimate of drug-likeness (QED) is 0.576. The first-order chi connectivity index (χ1) is 13.8. The number of aliphatic hydroxyl groups is 1. The summed E-state index contributed by atoms with van der Waals surface area (Å²) in [6.45, 7) is -0.689. The zero-order chi connectivity index (χ0) is 21.0. The summed E-state index contributed by atoms with van der Waals surface area (Å²) in [5.41, 5.74) is 1.23. The largest absolute Gasteiger partial charge is 0.458 e. The van der Waals surface area contributed by atoms with Crippen molar-refractivity contribution in [3.8, 4) is 0 Å². The molecule has 0 radical (unpaired) electrons. The molecule has 2 aromatic rings. The minimum absolute atomic E-state index is 0.137. The minimum Gasteiger partial charge on any atom is -0.458 e. The number of carbonyl (C=O) groups excluding carboxylic acids is 2. The second kappa shape index (κ2) is 8.68. The van der Waals surface area contributed by atoms with Gasteiger partial charge in [-0.2, -0.15) is 0 Å². The third-order valence-corrected chi connectivity index (χ3v) is 4.92. The van der Waals surface area contributed by atoms with E-state index in [-0.39, 0.29) is 13.0 Å². The molecule has 0 aliphatic carbocycles. The Morgan fingerprint density at radius 1 is 1.21 bits per heavy atom. The number of aliphatic hydroxyl groups excluding tert-OH is 1. The minimum atomic E-state index is -1.28. The standard InChI is InChI=1S/C22H22ClNO5/c1-24(2)19-9-5-16(6-10-19)20(26)28-14-22(13-25)12-17(21(27)29-22)11-15-3-7-18(23)8-4-15/h3-11,25H,12-14H2,1-2H3/b17-11+. The van der Waals surface area contributed by atoms with Gasteiger partial charge in [0.15, 0.2) is 5.60 Å². The van der Waals surface area contributed by atoms with Gasteiger partial charge >= 0.3 is 11.9 Å². The molecule has 1 N–H and O–H groups in total.